The van der Waals surface area contributed by atoms with Crippen LogP contribution < -0.4 is 10.5 Å². The van der Waals surface area contributed by atoms with Crippen molar-refractivity contribution in [2.75, 3.05) is 7.11 Å². The quantitative estimate of drug-likeness (QED) is 0.743. The summed E-state index contributed by atoms with van der Waals surface area (Å²) in [5.74, 6) is 0.659. The summed E-state index contributed by atoms with van der Waals surface area (Å²) in [6.45, 7) is 1.96. The molecule has 0 unspecified atom stereocenters. The number of aryl methyl sites for hydroxylation is 1. The van der Waals surface area contributed by atoms with E-state index in [9.17, 15) is 0 Å². The molecule has 2 N–H and O–H groups in total. The van der Waals surface area contributed by atoms with Gasteiger partial charge in [0.25, 0.3) is 0 Å². The third-order valence-corrected chi connectivity index (χ3v) is 2.50. The van der Waals surface area contributed by atoms with Crippen molar-refractivity contribution in [2.24, 2.45) is 5.73 Å². The van der Waals surface area contributed by atoms with Crippen LogP contribution >= 0.6 is 0 Å². The highest BCUT2D eigenvalue weighted by molar-refractivity contribution is 5.34. The number of hydrogen-bond donors (Lipinski definition) is 1. The molecule has 1 fully saturated rings. The monoisotopic (exact) mass is 178 g/mol. The molecule has 3 heteroatoms. The zero-order chi connectivity index (χ0) is 9.47. The van der Waals surface area contributed by atoms with Gasteiger partial charge in [0, 0.05) is 17.3 Å². The fourth-order valence-electron chi connectivity index (χ4n) is 1.45. The SMILES string of the molecule is COc1cc(C2(N)CC2)cc(C)n1. The first-order valence-corrected chi connectivity index (χ1v) is 4.46. The van der Waals surface area contributed by atoms with Crippen LogP contribution in [0.25, 0.3) is 0 Å². The lowest BCUT2D eigenvalue weighted by molar-refractivity contribution is 0.395. The first-order valence-electron chi connectivity index (χ1n) is 4.46. The molecule has 0 aliphatic heterocycles. The Morgan fingerprint density at radius 1 is 1.46 bits per heavy atom. The lowest BCUT2D eigenvalue weighted by Gasteiger charge is -2.11. The third-order valence-electron chi connectivity index (χ3n) is 2.50. The topological polar surface area (TPSA) is 48.1 Å². The Morgan fingerprint density at radius 3 is 2.69 bits per heavy atom. The summed E-state index contributed by atoms with van der Waals surface area (Å²) in [5.41, 5.74) is 8.09. The van der Waals surface area contributed by atoms with E-state index in [1.807, 2.05) is 19.1 Å². The van der Waals surface area contributed by atoms with E-state index < -0.39 is 0 Å². The molecule has 1 aliphatic rings. The first kappa shape index (κ1) is 8.51. The number of nitrogens with two attached hydrogens (primary N) is 1. The lowest BCUT2D eigenvalue weighted by Crippen LogP contribution is -2.19. The van der Waals surface area contributed by atoms with Crippen molar-refractivity contribution < 1.29 is 4.74 Å². The summed E-state index contributed by atoms with van der Waals surface area (Å²) in [6.07, 6.45) is 2.14. The summed E-state index contributed by atoms with van der Waals surface area (Å²) >= 11 is 0. The van der Waals surface area contributed by atoms with Gasteiger partial charge in [-0.05, 0) is 31.4 Å². The fourth-order valence-corrected chi connectivity index (χ4v) is 1.45. The smallest absolute Gasteiger partial charge is 0.213 e. The highest BCUT2D eigenvalue weighted by Gasteiger charge is 2.40. The van der Waals surface area contributed by atoms with E-state index in [0.29, 0.717) is 5.88 Å². The van der Waals surface area contributed by atoms with Crippen molar-refractivity contribution in [2.45, 2.75) is 25.3 Å². The maximum atomic E-state index is 6.08. The van der Waals surface area contributed by atoms with E-state index in [0.717, 1.165) is 24.1 Å². The number of methoxy groups -OCH3 is 1. The molecule has 0 atom stereocenters. The predicted octanol–water partition coefficient (Wildman–Crippen LogP) is 1.35. The van der Waals surface area contributed by atoms with Gasteiger partial charge in [-0.15, -0.1) is 0 Å². The Balaban J connectivity index is 2.40. The van der Waals surface area contributed by atoms with Gasteiger partial charge < -0.3 is 10.5 Å². The lowest BCUT2D eigenvalue weighted by atomic mass is 10.1. The summed E-state index contributed by atoms with van der Waals surface area (Å²) in [4.78, 5) is 4.22. The van der Waals surface area contributed by atoms with Crippen molar-refractivity contribution in [1.29, 1.82) is 0 Å². The van der Waals surface area contributed by atoms with Crippen LogP contribution in [0.5, 0.6) is 5.88 Å². The molecule has 3 nitrogen and oxygen atoms in total. The summed E-state index contributed by atoms with van der Waals surface area (Å²) in [6, 6.07) is 3.97. The Bertz CT molecular complexity index is 332. The zero-order valence-corrected chi connectivity index (χ0v) is 8.00. The average Bonchev–Trinajstić information content (AvgIpc) is 2.84. The molecule has 0 aromatic carbocycles. The summed E-state index contributed by atoms with van der Waals surface area (Å²) < 4.78 is 5.09. The van der Waals surface area contributed by atoms with E-state index >= 15 is 0 Å². The molecule has 0 bridgehead atoms. The van der Waals surface area contributed by atoms with Crippen LogP contribution in [0.3, 0.4) is 0 Å². The minimum Gasteiger partial charge on any atom is -0.481 e. The first-order chi connectivity index (χ1) is 6.14. The van der Waals surface area contributed by atoms with Crippen LogP contribution in [0, 0.1) is 6.92 Å². The average molecular weight is 178 g/mol. The Morgan fingerprint density at radius 2 is 2.15 bits per heavy atom. The van der Waals surface area contributed by atoms with Crippen molar-refractivity contribution in [1.82, 2.24) is 4.98 Å². The molecule has 0 radical (unpaired) electrons. The zero-order valence-electron chi connectivity index (χ0n) is 8.00. The van der Waals surface area contributed by atoms with E-state index in [1.54, 1.807) is 7.11 Å². The van der Waals surface area contributed by atoms with Gasteiger partial charge in [0.15, 0.2) is 0 Å². The van der Waals surface area contributed by atoms with Gasteiger partial charge in [-0.1, -0.05) is 0 Å². The maximum Gasteiger partial charge on any atom is 0.213 e. The van der Waals surface area contributed by atoms with E-state index in [-0.39, 0.29) is 5.54 Å². The minimum atomic E-state index is -0.0963. The molecule has 1 heterocycles. The molecule has 1 saturated carbocycles. The van der Waals surface area contributed by atoms with Crippen molar-refractivity contribution >= 4 is 0 Å². The standard InChI is InChI=1S/C10H14N2O/c1-7-5-8(10(11)3-4-10)6-9(12-7)13-2/h5-6H,3-4,11H2,1-2H3. The van der Waals surface area contributed by atoms with E-state index in [2.05, 4.69) is 4.98 Å². The van der Waals surface area contributed by atoms with Crippen LogP contribution in [0.4, 0.5) is 0 Å². The molecule has 2 rings (SSSR count). The van der Waals surface area contributed by atoms with Crippen LogP contribution in [-0.4, -0.2) is 12.1 Å². The van der Waals surface area contributed by atoms with Crippen LogP contribution in [0.1, 0.15) is 24.1 Å². The molecule has 1 aromatic rings. The van der Waals surface area contributed by atoms with Gasteiger partial charge in [0.1, 0.15) is 0 Å². The Kier molecular flexibility index (Phi) is 1.77. The van der Waals surface area contributed by atoms with Crippen molar-refractivity contribution in [3.8, 4) is 5.88 Å². The number of rotatable bonds is 2. The summed E-state index contributed by atoms with van der Waals surface area (Å²) in [5, 5.41) is 0. The molecule has 70 valence electrons. The number of nitrogens with zero attached hydrogens (tertiary/aromatic N) is 1. The largest absolute Gasteiger partial charge is 0.481 e. The van der Waals surface area contributed by atoms with Crippen LogP contribution in [0.15, 0.2) is 12.1 Å². The van der Waals surface area contributed by atoms with Gasteiger partial charge in [0.05, 0.1) is 7.11 Å². The number of hydrogen-bond acceptors (Lipinski definition) is 3. The normalized spacial score (nSPS) is 18.4. The predicted molar refractivity (Wildman–Crippen MR) is 50.6 cm³/mol. The molecule has 1 aliphatic carbocycles. The van der Waals surface area contributed by atoms with Gasteiger partial charge in [-0.25, -0.2) is 4.98 Å². The van der Waals surface area contributed by atoms with Crippen molar-refractivity contribution in [3.05, 3.63) is 23.4 Å². The van der Waals surface area contributed by atoms with Gasteiger partial charge >= 0.3 is 0 Å². The second-order valence-corrected chi connectivity index (χ2v) is 3.70. The molecular formula is C10H14N2O. The van der Waals surface area contributed by atoms with E-state index in [1.165, 1.54) is 0 Å². The van der Waals surface area contributed by atoms with Crippen LogP contribution in [-0.2, 0) is 5.54 Å². The van der Waals surface area contributed by atoms with Crippen LogP contribution in [0.2, 0.25) is 0 Å². The third kappa shape index (κ3) is 1.52. The highest BCUT2D eigenvalue weighted by atomic mass is 16.5. The van der Waals surface area contributed by atoms with Crippen molar-refractivity contribution in [3.63, 3.8) is 0 Å². The minimum absolute atomic E-state index is 0.0963. The number of aromatic nitrogens is 1. The molecular weight excluding hydrogens is 164 g/mol. The number of ether oxygens (including phenoxy) is 1. The Labute approximate surface area is 77.9 Å². The molecule has 0 spiro atoms. The molecule has 13 heavy (non-hydrogen) atoms. The summed E-state index contributed by atoms with van der Waals surface area (Å²) in [7, 11) is 1.63. The highest BCUT2D eigenvalue weighted by Crippen LogP contribution is 2.43. The number of pyridine rings is 1. The fraction of sp³-hybridized carbons (Fsp3) is 0.500. The Hall–Kier alpha value is -1.09. The molecule has 0 saturated heterocycles. The maximum absolute atomic E-state index is 6.08. The molecule has 1 aromatic heterocycles. The van der Waals surface area contributed by atoms with Gasteiger partial charge in [0.2, 0.25) is 5.88 Å². The second kappa shape index (κ2) is 2.70. The van der Waals surface area contributed by atoms with Gasteiger partial charge in [-0.2, -0.15) is 0 Å². The second-order valence-electron chi connectivity index (χ2n) is 3.70. The molecule has 0 amide bonds. The van der Waals surface area contributed by atoms with E-state index in [4.69, 9.17) is 10.5 Å². The van der Waals surface area contributed by atoms with Gasteiger partial charge in [-0.3, -0.25) is 0 Å².